The Morgan fingerprint density at radius 3 is 2.74 bits per heavy atom. The molecule has 1 N–H and O–H groups in total. The maximum atomic E-state index is 4.61. The summed E-state index contributed by atoms with van der Waals surface area (Å²) in [5.41, 5.74) is 2.44. The van der Waals surface area contributed by atoms with Gasteiger partial charge in [0.15, 0.2) is 5.96 Å². The van der Waals surface area contributed by atoms with Crippen LogP contribution in [0.3, 0.4) is 0 Å². The second-order valence-corrected chi connectivity index (χ2v) is 8.05. The minimum Gasteiger partial charge on any atom is -0.356 e. The molecular formula is C20H39N7. The van der Waals surface area contributed by atoms with Crippen LogP contribution in [0.2, 0.25) is 0 Å². The van der Waals surface area contributed by atoms with Gasteiger partial charge in [0.05, 0.1) is 5.69 Å². The number of nitrogens with zero attached hydrogens (tertiary/aromatic N) is 6. The van der Waals surface area contributed by atoms with Gasteiger partial charge in [0.2, 0.25) is 0 Å². The van der Waals surface area contributed by atoms with E-state index in [-0.39, 0.29) is 0 Å². The number of aryl methyl sites for hydroxylation is 1. The van der Waals surface area contributed by atoms with Gasteiger partial charge in [-0.1, -0.05) is 13.8 Å². The summed E-state index contributed by atoms with van der Waals surface area (Å²) >= 11 is 0. The van der Waals surface area contributed by atoms with E-state index in [1.807, 2.05) is 18.8 Å². The number of hydrogen-bond donors (Lipinski definition) is 1. The molecule has 2 rings (SSSR count). The Bertz CT molecular complexity index is 593. The van der Waals surface area contributed by atoms with Crippen LogP contribution in [0.1, 0.15) is 43.9 Å². The molecule has 2 heterocycles. The molecule has 27 heavy (non-hydrogen) atoms. The molecule has 0 spiro atoms. The van der Waals surface area contributed by atoms with E-state index in [1.165, 1.54) is 43.9 Å². The monoisotopic (exact) mass is 377 g/mol. The van der Waals surface area contributed by atoms with Gasteiger partial charge in [-0.3, -0.25) is 9.67 Å². The van der Waals surface area contributed by atoms with E-state index >= 15 is 0 Å². The lowest BCUT2D eigenvalue weighted by molar-refractivity contribution is 0.273. The third-order valence-electron chi connectivity index (χ3n) is 5.21. The fourth-order valence-electron chi connectivity index (χ4n) is 3.70. The maximum Gasteiger partial charge on any atom is 0.193 e. The summed E-state index contributed by atoms with van der Waals surface area (Å²) in [5, 5.41) is 8.13. The number of aromatic nitrogens is 2. The molecule has 0 aromatic carbocycles. The maximum absolute atomic E-state index is 4.61. The zero-order valence-corrected chi connectivity index (χ0v) is 18.2. The average molecular weight is 378 g/mol. The molecule has 0 aliphatic carbocycles. The number of hydrogen-bond acceptors (Lipinski definition) is 4. The Balaban J connectivity index is 1.78. The standard InChI is InChI=1S/C20H39N7/c1-17(2)19-18(16-26(6)23-19)15-25(5)20(21-3)22-9-7-11-27-12-8-10-24(4)13-14-27/h16-17H,7-15H2,1-6H3,(H,21,22). The van der Waals surface area contributed by atoms with Crippen LogP contribution >= 0.6 is 0 Å². The molecule has 1 aliphatic rings. The smallest absolute Gasteiger partial charge is 0.193 e. The first kappa shape index (κ1) is 21.7. The van der Waals surface area contributed by atoms with E-state index < -0.39 is 0 Å². The molecule has 0 saturated carbocycles. The molecule has 0 amide bonds. The molecule has 154 valence electrons. The summed E-state index contributed by atoms with van der Waals surface area (Å²) in [7, 11) is 8.16. The van der Waals surface area contributed by atoms with Gasteiger partial charge in [-0.05, 0) is 45.4 Å². The lowest BCUT2D eigenvalue weighted by atomic mass is 10.1. The first-order valence-electron chi connectivity index (χ1n) is 10.3. The molecule has 7 nitrogen and oxygen atoms in total. The average Bonchev–Trinajstić information content (AvgIpc) is 2.86. The highest BCUT2D eigenvalue weighted by Gasteiger charge is 2.15. The van der Waals surface area contributed by atoms with E-state index in [9.17, 15) is 0 Å². The van der Waals surface area contributed by atoms with Crippen LogP contribution in [0.4, 0.5) is 0 Å². The summed E-state index contributed by atoms with van der Waals surface area (Å²) < 4.78 is 1.91. The van der Waals surface area contributed by atoms with E-state index in [1.54, 1.807) is 0 Å². The highest BCUT2D eigenvalue weighted by molar-refractivity contribution is 5.79. The van der Waals surface area contributed by atoms with Crippen molar-refractivity contribution in [2.75, 3.05) is 60.4 Å². The first-order valence-corrected chi connectivity index (χ1v) is 10.3. The van der Waals surface area contributed by atoms with E-state index in [0.29, 0.717) is 5.92 Å². The van der Waals surface area contributed by atoms with E-state index in [4.69, 9.17) is 0 Å². The number of nitrogens with one attached hydrogen (secondary N) is 1. The Morgan fingerprint density at radius 1 is 1.26 bits per heavy atom. The van der Waals surface area contributed by atoms with Gasteiger partial charge >= 0.3 is 0 Å². The third-order valence-corrected chi connectivity index (χ3v) is 5.21. The lowest BCUT2D eigenvalue weighted by Crippen LogP contribution is -2.40. The minimum atomic E-state index is 0.428. The van der Waals surface area contributed by atoms with Crippen LogP contribution in [0.5, 0.6) is 0 Å². The van der Waals surface area contributed by atoms with E-state index in [2.05, 4.69) is 64.2 Å². The summed E-state index contributed by atoms with van der Waals surface area (Å²) in [6, 6.07) is 0. The first-order chi connectivity index (χ1) is 12.9. The van der Waals surface area contributed by atoms with Crippen molar-refractivity contribution in [2.45, 2.75) is 39.2 Å². The zero-order valence-electron chi connectivity index (χ0n) is 18.2. The molecule has 1 aromatic heterocycles. The molecule has 1 aromatic rings. The van der Waals surface area contributed by atoms with Crippen LogP contribution in [-0.2, 0) is 13.6 Å². The van der Waals surface area contributed by atoms with Crippen LogP contribution in [-0.4, -0.2) is 90.9 Å². The molecule has 1 saturated heterocycles. The molecule has 1 aliphatic heterocycles. The van der Waals surface area contributed by atoms with Crippen molar-refractivity contribution in [2.24, 2.45) is 12.0 Å². The van der Waals surface area contributed by atoms with E-state index in [0.717, 1.165) is 32.0 Å². The summed E-state index contributed by atoms with van der Waals surface area (Å²) in [5.74, 6) is 1.38. The number of rotatable bonds is 7. The Labute approximate surface area is 165 Å². The second-order valence-electron chi connectivity index (χ2n) is 8.05. The topological polar surface area (TPSA) is 51.9 Å². The summed E-state index contributed by atoms with van der Waals surface area (Å²) in [6.45, 7) is 12.1. The number of guanidine groups is 1. The fraction of sp³-hybridized carbons (Fsp3) is 0.800. The van der Waals surface area contributed by atoms with Crippen LogP contribution in [0, 0.1) is 0 Å². The van der Waals surface area contributed by atoms with Crippen molar-refractivity contribution >= 4 is 5.96 Å². The number of aliphatic imine (C=N–C) groups is 1. The van der Waals surface area contributed by atoms with Gasteiger partial charge in [0.25, 0.3) is 0 Å². The quantitative estimate of drug-likeness (QED) is 0.444. The van der Waals surface area contributed by atoms with Crippen molar-refractivity contribution in [3.63, 3.8) is 0 Å². The van der Waals surface area contributed by atoms with Gasteiger partial charge in [0, 0.05) is 59.1 Å². The lowest BCUT2D eigenvalue weighted by Gasteiger charge is -2.24. The Hall–Kier alpha value is -1.60. The molecule has 1 fully saturated rings. The Kier molecular flexibility index (Phi) is 8.57. The highest BCUT2D eigenvalue weighted by atomic mass is 15.3. The highest BCUT2D eigenvalue weighted by Crippen LogP contribution is 2.18. The summed E-state index contributed by atoms with van der Waals surface area (Å²) in [4.78, 5) is 11.7. The van der Waals surface area contributed by atoms with Crippen molar-refractivity contribution in [3.05, 3.63) is 17.5 Å². The second kappa shape index (κ2) is 10.7. The molecule has 0 unspecified atom stereocenters. The van der Waals surface area contributed by atoms with Crippen LogP contribution in [0.25, 0.3) is 0 Å². The van der Waals surface area contributed by atoms with Gasteiger partial charge in [-0.15, -0.1) is 0 Å². The van der Waals surface area contributed by atoms with Gasteiger partial charge in [-0.25, -0.2) is 0 Å². The van der Waals surface area contributed by atoms with Gasteiger partial charge < -0.3 is 20.0 Å². The third kappa shape index (κ3) is 6.81. The molecule has 0 atom stereocenters. The molecule has 0 bridgehead atoms. The van der Waals surface area contributed by atoms with Crippen molar-refractivity contribution < 1.29 is 0 Å². The van der Waals surface area contributed by atoms with Crippen molar-refractivity contribution in [1.29, 1.82) is 0 Å². The van der Waals surface area contributed by atoms with Gasteiger partial charge in [0.1, 0.15) is 0 Å². The predicted octanol–water partition coefficient (Wildman–Crippen LogP) is 1.58. The molecule has 7 heteroatoms. The normalized spacial score (nSPS) is 17.4. The fourth-order valence-corrected chi connectivity index (χ4v) is 3.70. The largest absolute Gasteiger partial charge is 0.356 e. The minimum absolute atomic E-state index is 0.428. The summed E-state index contributed by atoms with van der Waals surface area (Å²) in [6.07, 6.45) is 4.54. The predicted molar refractivity (Wildman–Crippen MR) is 113 cm³/mol. The Morgan fingerprint density at radius 2 is 2.04 bits per heavy atom. The van der Waals surface area contributed by atoms with Crippen LogP contribution in [0.15, 0.2) is 11.2 Å². The zero-order chi connectivity index (χ0) is 19.8. The number of likely N-dealkylation sites (N-methyl/N-ethyl adjacent to an activating group) is 1. The SMILES string of the molecule is CN=C(NCCCN1CCCN(C)CC1)N(C)Cc1cn(C)nc1C(C)C. The molecule has 0 radical (unpaired) electrons. The van der Waals surface area contributed by atoms with Crippen LogP contribution < -0.4 is 5.32 Å². The van der Waals surface area contributed by atoms with Crippen molar-refractivity contribution in [1.82, 2.24) is 29.8 Å². The molecular weight excluding hydrogens is 338 g/mol. The van der Waals surface area contributed by atoms with Gasteiger partial charge in [-0.2, -0.15) is 5.10 Å². The van der Waals surface area contributed by atoms with Crippen molar-refractivity contribution in [3.8, 4) is 0 Å².